The second-order valence-corrected chi connectivity index (χ2v) is 6.06. The number of nitrogens with one attached hydrogen (secondary N) is 1. The Kier molecular flexibility index (Phi) is 3.35. The number of hydrogen-bond donors (Lipinski definition) is 1. The third-order valence-electron chi connectivity index (χ3n) is 4.41. The predicted molar refractivity (Wildman–Crippen MR) is 97.6 cm³/mol. The monoisotopic (exact) mass is 315 g/mol. The molecule has 24 heavy (non-hydrogen) atoms. The number of amides is 1. The lowest BCUT2D eigenvalue weighted by Gasteiger charge is -2.06. The molecule has 4 rings (SSSR count). The highest BCUT2D eigenvalue weighted by Gasteiger charge is 2.14. The second-order valence-electron chi connectivity index (χ2n) is 6.06. The summed E-state index contributed by atoms with van der Waals surface area (Å²) in [5, 5.41) is 6.08. The maximum Gasteiger partial charge on any atom is 0.291 e. The van der Waals surface area contributed by atoms with E-state index >= 15 is 0 Å². The van der Waals surface area contributed by atoms with Crippen LogP contribution >= 0.6 is 0 Å². The van der Waals surface area contributed by atoms with Crippen LogP contribution in [0.4, 0.5) is 5.69 Å². The van der Waals surface area contributed by atoms with Gasteiger partial charge in [0, 0.05) is 11.1 Å². The molecule has 1 heterocycles. The van der Waals surface area contributed by atoms with E-state index in [4.69, 9.17) is 4.42 Å². The average molecular weight is 315 g/mol. The lowest BCUT2D eigenvalue weighted by Crippen LogP contribution is -2.10. The van der Waals surface area contributed by atoms with E-state index in [0.29, 0.717) is 5.76 Å². The van der Waals surface area contributed by atoms with Crippen LogP contribution < -0.4 is 5.32 Å². The Morgan fingerprint density at radius 3 is 2.54 bits per heavy atom. The summed E-state index contributed by atoms with van der Waals surface area (Å²) >= 11 is 0. The van der Waals surface area contributed by atoms with Crippen molar-refractivity contribution in [2.75, 3.05) is 5.32 Å². The number of carbonyl (C=O) groups is 1. The number of furan rings is 1. The van der Waals surface area contributed by atoms with Crippen molar-refractivity contribution in [2.45, 2.75) is 13.8 Å². The van der Waals surface area contributed by atoms with Crippen molar-refractivity contribution in [3.05, 3.63) is 77.6 Å². The van der Waals surface area contributed by atoms with Crippen molar-refractivity contribution >= 4 is 33.3 Å². The second kappa shape index (κ2) is 5.53. The number of carbonyl (C=O) groups excluding carboxylic acids is 1. The van der Waals surface area contributed by atoms with E-state index in [9.17, 15) is 4.79 Å². The first-order chi connectivity index (χ1) is 11.6. The van der Waals surface area contributed by atoms with E-state index in [2.05, 4.69) is 11.4 Å². The summed E-state index contributed by atoms with van der Waals surface area (Å²) in [5.41, 5.74) is 3.83. The molecule has 0 aliphatic rings. The standard InChI is InChI=1S/C21H17NO2/c1-13-7-9-16(11-14(13)2)22-21(23)20-12-18-17-6-4-3-5-15(17)8-10-19(18)24-20/h3-12H,1-2H3,(H,22,23). The fourth-order valence-corrected chi connectivity index (χ4v) is 2.92. The van der Waals surface area contributed by atoms with E-state index in [-0.39, 0.29) is 5.91 Å². The molecule has 0 radical (unpaired) electrons. The molecule has 0 saturated carbocycles. The van der Waals surface area contributed by atoms with Crippen LogP contribution in [0.25, 0.3) is 21.7 Å². The molecular formula is C21H17NO2. The molecule has 0 saturated heterocycles. The molecular weight excluding hydrogens is 298 g/mol. The molecule has 0 aliphatic carbocycles. The third-order valence-corrected chi connectivity index (χ3v) is 4.41. The third kappa shape index (κ3) is 2.44. The number of fused-ring (bicyclic) bond motifs is 3. The smallest absolute Gasteiger partial charge is 0.291 e. The van der Waals surface area contributed by atoms with Crippen LogP contribution in [0.15, 0.2) is 65.1 Å². The summed E-state index contributed by atoms with van der Waals surface area (Å²) in [5.74, 6) is 0.0816. The van der Waals surface area contributed by atoms with Crippen molar-refractivity contribution in [2.24, 2.45) is 0 Å². The minimum absolute atomic E-state index is 0.237. The van der Waals surface area contributed by atoms with Crippen LogP contribution in [0, 0.1) is 13.8 Å². The molecule has 1 N–H and O–H groups in total. The molecule has 0 fully saturated rings. The van der Waals surface area contributed by atoms with Gasteiger partial charge in [-0.25, -0.2) is 0 Å². The maximum atomic E-state index is 12.5. The quantitative estimate of drug-likeness (QED) is 0.534. The first kappa shape index (κ1) is 14.5. The highest BCUT2D eigenvalue weighted by atomic mass is 16.3. The molecule has 3 heteroatoms. The van der Waals surface area contributed by atoms with Crippen molar-refractivity contribution < 1.29 is 9.21 Å². The highest BCUT2D eigenvalue weighted by molar-refractivity contribution is 6.10. The number of benzene rings is 3. The van der Waals surface area contributed by atoms with E-state index in [0.717, 1.165) is 33.0 Å². The van der Waals surface area contributed by atoms with Gasteiger partial charge in [-0.05, 0) is 60.0 Å². The molecule has 0 atom stereocenters. The Labute approximate surface area is 139 Å². The zero-order valence-electron chi connectivity index (χ0n) is 13.6. The minimum atomic E-state index is -0.237. The number of aryl methyl sites for hydroxylation is 2. The molecule has 4 aromatic rings. The minimum Gasteiger partial charge on any atom is -0.451 e. The van der Waals surface area contributed by atoms with E-state index in [1.807, 2.05) is 68.4 Å². The van der Waals surface area contributed by atoms with Gasteiger partial charge in [0.15, 0.2) is 5.76 Å². The Balaban J connectivity index is 1.71. The topological polar surface area (TPSA) is 42.2 Å². The van der Waals surface area contributed by atoms with Gasteiger partial charge < -0.3 is 9.73 Å². The number of rotatable bonds is 2. The summed E-state index contributed by atoms with van der Waals surface area (Å²) < 4.78 is 5.75. The van der Waals surface area contributed by atoms with Gasteiger partial charge >= 0.3 is 0 Å². The molecule has 118 valence electrons. The summed E-state index contributed by atoms with van der Waals surface area (Å²) in [7, 11) is 0. The zero-order chi connectivity index (χ0) is 16.7. The van der Waals surface area contributed by atoms with Gasteiger partial charge in [0.2, 0.25) is 0 Å². The van der Waals surface area contributed by atoms with Crippen LogP contribution in [0.2, 0.25) is 0 Å². The Morgan fingerprint density at radius 1 is 0.875 bits per heavy atom. The van der Waals surface area contributed by atoms with Crippen LogP contribution in [-0.4, -0.2) is 5.91 Å². The Morgan fingerprint density at radius 2 is 1.71 bits per heavy atom. The van der Waals surface area contributed by atoms with Crippen molar-refractivity contribution in [3.8, 4) is 0 Å². The summed E-state index contributed by atoms with van der Waals surface area (Å²) in [6.07, 6.45) is 0. The van der Waals surface area contributed by atoms with E-state index in [1.54, 1.807) is 0 Å². The van der Waals surface area contributed by atoms with Crippen LogP contribution in [-0.2, 0) is 0 Å². The number of anilines is 1. The normalized spacial score (nSPS) is 11.1. The maximum absolute atomic E-state index is 12.5. The summed E-state index contributed by atoms with van der Waals surface area (Å²) in [6.45, 7) is 4.07. The zero-order valence-corrected chi connectivity index (χ0v) is 13.6. The van der Waals surface area contributed by atoms with Gasteiger partial charge in [0.1, 0.15) is 5.58 Å². The molecule has 0 unspecified atom stereocenters. The van der Waals surface area contributed by atoms with Gasteiger partial charge in [-0.2, -0.15) is 0 Å². The molecule has 1 amide bonds. The fourth-order valence-electron chi connectivity index (χ4n) is 2.92. The molecule has 3 nitrogen and oxygen atoms in total. The van der Waals surface area contributed by atoms with Crippen molar-refractivity contribution in [1.82, 2.24) is 0 Å². The largest absolute Gasteiger partial charge is 0.451 e. The fraction of sp³-hybridized carbons (Fsp3) is 0.0952. The van der Waals surface area contributed by atoms with Gasteiger partial charge in [0.05, 0.1) is 0 Å². The molecule has 3 aromatic carbocycles. The van der Waals surface area contributed by atoms with Crippen molar-refractivity contribution in [3.63, 3.8) is 0 Å². The molecule has 1 aromatic heterocycles. The first-order valence-corrected chi connectivity index (χ1v) is 7.92. The average Bonchev–Trinajstić information content (AvgIpc) is 3.03. The van der Waals surface area contributed by atoms with E-state index in [1.165, 1.54) is 5.56 Å². The molecule has 0 spiro atoms. The molecule has 0 aliphatic heterocycles. The van der Waals surface area contributed by atoms with Gasteiger partial charge in [-0.15, -0.1) is 0 Å². The van der Waals surface area contributed by atoms with E-state index < -0.39 is 0 Å². The lowest BCUT2D eigenvalue weighted by molar-refractivity contribution is 0.0998. The highest BCUT2D eigenvalue weighted by Crippen LogP contribution is 2.28. The first-order valence-electron chi connectivity index (χ1n) is 7.92. The Hall–Kier alpha value is -3.07. The van der Waals surface area contributed by atoms with Crippen LogP contribution in [0.3, 0.4) is 0 Å². The van der Waals surface area contributed by atoms with Crippen LogP contribution in [0.5, 0.6) is 0 Å². The SMILES string of the molecule is Cc1ccc(NC(=O)c2cc3c(ccc4ccccc43)o2)cc1C. The Bertz CT molecular complexity index is 1080. The predicted octanol–water partition coefficient (Wildman–Crippen LogP) is 5.46. The molecule has 0 bridgehead atoms. The van der Waals surface area contributed by atoms with Crippen molar-refractivity contribution in [1.29, 1.82) is 0 Å². The van der Waals surface area contributed by atoms with Gasteiger partial charge in [0.25, 0.3) is 5.91 Å². The lowest BCUT2D eigenvalue weighted by atomic mass is 10.1. The number of hydrogen-bond acceptors (Lipinski definition) is 2. The van der Waals surface area contributed by atoms with Gasteiger partial charge in [-0.3, -0.25) is 4.79 Å². The van der Waals surface area contributed by atoms with Crippen LogP contribution in [0.1, 0.15) is 21.7 Å². The summed E-state index contributed by atoms with van der Waals surface area (Å²) in [6, 6.07) is 19.7. The van der Waals surface area contributed by atoms with Gasteiger partial charge in [-0.1, -0.05) is 36.4 Å². The summed E-state index contributed by atoms with van der Waals surface area (Å²) in [4.78, 5) is 12.5.